The summed E-state index contributed by atoms with van der Waals surface area (Å²) in [7, 11) is 0. The van der Waals surface area contributed by atoms with Gasteiger partial charge in [-0.05, 0) is 71.9 Å². The molecule has 2 amide bonds. The molecule has 2 N–H and O–H groups in total. The Morgan fingerprint density at radius 2 is 1.65 bits per heavy atom. The molecular formula is C24H22N6O3S. The van der Waals surface area contributed by atoms with Crippen molar-refractivity contribution in [3.63, 3.8) is 0 Å². The summed E-state index contributed by atoms with van der Waals surface area (Å²) in [6.45, 7) is 3.22. The Morgan fingerprint density at radius 3 is 2.38 bits per heavy atom. The summed E-state index contributed by atoms with van der Waals surface area (Å²) in [5.41, 5.74) is 1.95. The Kier molecular flexibility index (Phi) is 7.19. The third-order valence-electron chi connectivity index (χ3n) is 4.60. The van der Waals surface area contributed by atoms with Crippen molar-refractivity contribution in [2.45, 2.75) is 24.3 Å². The first kappa shape index (κ1) is 23.0. The molecule has 4 aromatic rings. The van der Waals surface area contributed by atoms with Gasteiger partial charge in [0, 0.05) is 18.3 Å². The van der Waals surface area contributed by atoms with Crippen molar-refractivity contribution in [1.82, 2.24) is 20.2 Å². The molecule has 10 heteroatoms. The molecule has 0 radical (unpaired) electrons. The standard InChI is InChI=1S/C24H22N6O3S/c1-16(23(32)26-18-11-13-22(14-12-18)33-21-9-4-3-5-10-21)34-24-27-28-29-30(24)20-8-6-7-19(15-20)25-17(2)31/h3-16H,1-2H3,(H,25,31)(H,26,32). The van der Waals surface area contributed by atoms with E-state index in [1.807, 2.05) is 36.4 Å². The van der Waals surface area contributed by atoms with Crippen LogP contribution in [0.5, 0.6) is 11.5 Å². The fraction of sp³-hybridized carbons (Fsp3) is 0.125. The first-order chi connectivity index (χ1) is 16.5. The Balaban J connectivity index is 1.38. The Morgan fingerprint density at radius 1 is 0.912 bits per heavy atom. The first-order valence-corrected chi connectivity index (χ1v) is 11.3. The number of carbonyl (C=O) groups excluding carboxylic acids is 2. The number of hydrogen-bond donors (Lipinski definition) is 2. The van der Waals surface area contributed by atoms with Gasteiger partial charge in [0.2, 0.25) is 17.0 Å². The van der Waals surface area contributed by atoms with E-state index in [1.165, 1.54) is 23.4 Å². The Labute approximate surface area is 200 Å². The smallest absolute Gasteiger partial charge is 0.237 e. The highest BCUT2D eigenvalue weighted by Gasteiger charge is 2.19. The van der Waals surface area contributed by atoms with Crippen molar-refractivity contribution in [3.05, 3.63) is 78.9 Å². The average molecular weight is 475 g/mol. The van der Waals surface area contributed by atoms with Crippen molar-refractivity contribution in [1.29, 1.82) is 0 Å². The number of tetrazole rings is 1. The summed E-state index contributed by atoms with van der Waals surface area (Å²) in [4.78, 5) is 24.1. The minimum absolute atomic E-state index is 0.173. The van der Waals surface area contributed by atoms with E-state index in [2.05, 4.69) is 26.2 Å². The largest absolute Gasteiger partial charge is 0.457 e. The van der Waals surface area contributed by atoms with Crippen LogP contribution in [-0.2, 0) is 9.59 Å². The van der Waals surface area contributed by atoms with E-state index in [-0.39, 0.29) is 11.8 Å². The average Bonchev–Trinajstić information content (AvgIpc) is 3.29. The zero-order valence-corrected chi connectivity index (χ0v) is 19.3. The molecule has 0 saturated heterocycles. The van der Waals surface area contributed by atoms with Crippen LogP contribution in [-0.4, -0.2) is 37.3 Å². The van der Waals surface area contributed by atoms with Gasteiger partial charge in [-0.1, -0.05) is 36.0 Å². The predicted molar refractivity (Wildman–Crippen MR) is 130 cm³/mol. The third kappa shape index (κ3) is 5.99. The van der Waals surface area contributed by atoms with Gasteiger partial charge >= 0.3 is 0 Å². The lowest BCUT2D eigenvalue weighted by Crippen LogP contribution is -2.22. The summed E-state index contributed by atoms with van der Waals surface area (Å²) < 4.78 is 7.30. The van der Waals surface area contributed by atoms with E-state index in [0.29, 0.717) is 28.0 Å². The molecule has 0 aliphatic heterocycles. The van der Waals surface area contributed by atoms with Crippen molar-refractivity contribution >= 4 is 35.0 Å². The van der Waals surface area contributed by atoms with Gasteiger partial charge in [-0.15, -0.1) is 5.10 Å². The number of nitrogens with zero attached hydrogens (tertiary/aromatic N) is 4. The lowest BCUT2D eigenvalue weighted by molar-refractivity contribution is -0.115. The van der Waals surface area contributed by atoms with Gasteiger partial charge in [0.25, 0.3) is 0 Å². The van der Waals surface area contributed by atoms with Crippen LogP contribution in [0, 0.1) is 0 Å². The van der Waals surface area contributed by atoms with Gasteiger partial charge in [-0.25, -0.2) is 0 Å². The molecule has 1 unspecified atom stereocenters. The zero-order valence-electron chi connectivity index (χ0n) is 18.5. The second kappa shape index (κ2) is 10.6. The van der Waals surface area contributed by atoms with Crippen LogP contribution in [0.25, 0.3) is 5.69 Å². The van der Waals surface area contributed by atoms with E-state index in [1.54, 1.807) is 49.4 Å². The maximum atomic E-state index is 12.7. The maximum absolute atomic E-state index is 12.7. The number of rotatable bonds is 8. The SMILES string of the molecule is CC(=O)Nc1cccc(-n2nnnc2SC(C)C(=O)Nc2ccc(Oc3ccccc3)cc2)c1. The molecule has 1 heterocycles. The summed E-state index contributed by atoms with van der Waals surface area (Å²) in [5, 5.41) is 17.4. The van der Waals surface area contributed by atoms with Crippen molar-refractivity contribution < 1.29 is 14.3 Å². The number of nitrogens with one attached hydrogen (secondary N) is 2. The molecule has 0 fully saturated rings. The summed E-state index contributed by atoms with van der Waals surface area (Å²) in [5.74, 6) is 1.05. The van der Waals surface area contributed by atoms with E-state index >= 15 is 0 Å². The third-order valence-corrected chi connectivity index (χ3v) is 5.64. The molecule has 4 rings (SSSR count). The minimum Gasteiger partial charge on any atom is -0.457 e. The summed E-state index contributed by atoms with van der Waals surface area (Å²) in [6, 6.07) is 23.8. The van der Waals surface area contributed by atoms with Crippen molar-refractivity contribution in [2.75, 3.05) is 10.6 Å². The van der Waals surface area contributed by atoms with Gasteiger partial charge in [0.1, 0.15) is 11.5 Å². The molecule has 9 nitrogen and oxygen atoms in total. The predicted octanol–water partition coefficient (Wildman–Crippen LogP) is 4.53. The Bertz CT molecular complexity index is 1280. The van der Waals surface area contributed by atoms with Crippen molar-refractivity contribution in [2.24, 2.45) is 0 Å². The minimum atomic E-state index is -0.469. The molecule has 0 spiro atoms. The molecule has 1 atom stereocenters. The molecular weight excluding hydrogens is 452 g/mol. The first-order valence-electron chi connectivity index (χ1n) is 10.4. The van der Waals surface area contributed by atoms with E-state index < -0.39 is 5.25 Å². The molecule has 0 aliphatic carbocycles. The number of ether oxygens (including phenoxy) is 1. The summed E-state index contributed by atoms with van der Waals surface area (Å²) in [6.07, 6.45) is 0. The van der Waals surface area contributed by atoms with Crippen LogP contribution >= 0.6 is 11.8 Å². The number of benzene rings is 3. The van der Waals surface area contributed by atoms with Crippen LogP contribution < -0.4 is 15.4 Å². The zero-order chi connectivity index (χ0) is 23.9. The van der Waals surface area contributed by atoms with Gasteiger partial charge in [0.05, 0.1) is 10.9 Å². The molecule has 172 valence electrons. The summed E-state index contributed by atoms with van der Waals surface area (Å²) >= 11 is 1.23. The molecule has 0 bridgehead atoms. The quantitative estimate of drug-likeness (QED) is 0.361. The van der Waals surface area contributed by atoms with Crippen LogP contribution in [0.1, 0.15) is 13.8 Å². The molecule has 34 heavy (non-hydrogen) atoms. The van der Waals surface area contributed by atoms with Gasteiger partial charge < -0.3 is 15.4 Å². The topological polar surface area (TPSA) is 111 Å². The van der Waals surface area contributed by atoms with E-state index in [9.17, 15) is 9.59 Å². The Hall–Kier alpha value is -4.18. The number of amides is 2. The van der Waals surface area contributed by atoms with Crippen LogP contribution in [0.2, 0.25) is 0 Å². The number of aromatic nitrogens is 4. The van der Waals surface area contributed by atoms with E-state index in [4.69, 9.17) is 4.74 Å². The second-order valence-corrected chi connectivity index (χ2v) is 8.60. The van der Waals surface area contributed by atoms with Gasteiger partial charge in [0.15, 0.2) is 0 Å². The van der Waals surface area contributed by atoms with Crippen LogP contribution in [0.4, 0.5) is 11.4 Å². The molecule has 0 saturated carbocycles. The fourth-order valence-corrected chi connectivity index (χ4v) is 3.83. The normalized spacial score (nSPS) is 11.5. The number of hydrogen-bond acceptors (Lipinski definition) is 7. The number of thioether (sulfide) groups is 1. The second-order valence-electron chi connectivity index (χ2n) is 7.29. The van der Waals surface area contributed by atoms with Crippen molar-refractivity contribution in [3.8, 4) is 17.2 Å². The van der Waals surface area contributed by atoms with Crippen LogP contribution in [0.3, 0.4) is 0 Å². The monoisotopic (exact) mass is 474 g/mol. The highest BCUT2D eigenvalue weighted by Crippen LogP contribution is 2.26. The number of carbonyl (C=O) groups is 2. The lowest BCUT2D eigenvalue weighted by atomic mass is 10.3. The number of para-hydroxylation sites is 1. The molecule has 1 aromatic heterocycles. The van der Waals surface area contributed by atoms with Crippen LogP contribution in [0.15, 0.2) is 84.0 Å². The molecule has 0 aliphatic rings. The highest BCUT2D eigenvalue weighted by atomic mass is 32.2. The maximum Gasteiger partial charge on any atom is 0.237 e. The fourth-order valence-electron chi connectivity index (χ4n) is 3.02. The van der Waals surface area contributed by atoms with Gasteiger partial charge in [-0.2, -0.15) is 4.68 Å². The number of anilines is 2. The lowest BCUT2D eigenvalue weighted by Gasteiger charge is -2.13. The molecule has 3 aromatic carbocycles. The highest BCUT2D eigenvalue weighted by molar-refractivity contribution is 8.00. The van der Waals surface area contributed by atoms with E-state index in [0.717, 1.165) is 5.75 Å². The van der Waals surface area contributed by atoms with Gasteiger partial charge in [-0.3, -0.25) is 9.59 Å².